The first-order valence-electron chi connectivity index (χ1n) is 7.11. The van der Waals surface area contributed by atoms with Crippen LogP contribution in [0.5, 0.6) is 0 Å². The van der Waals surface area contributed by atoms with E-state index in [-0.39, 0.29) is 12.1 Å². The van der Waals surface area contributed by atoms with Gasteiger partial charge in [-0.1, -0.05) is 0 Å². The van der Waals surface area contributed by atoms with Gasteiger partial charge in [-0.15, -0.1) is 0 Å². The number of halogens is 1. The second-order valence-corrected chi connectivity index (χ2v) is 7.25. The Morgan fingerprint density at radius 3 is 2.67 bits per heavy atom. The Morgan fingerprint density at radius 1 is 1.38 bits per heavy atom. The van der Waals surface area contributed by atoms with Crippen molar-refractivity contribution in [1.82, 2.24) is 9.88 Å². The van der Waals surface area contributed by atoms with Gasteiger partial charge in [-0.25, -0.2) is 4.79 Å². The zero-order chi connectivity index (χ0) is 15.6. The Kier molecular flexibility index (Phi) is 4.76. The molecule has 1 amide bonds. The third-order valence-corrected chi connectivity index (χ3v) is 3.74. The molecule has 6 heteroatoms. The predicted octanol–water partition coefficient (Wildman–Crippen LogP) is 3.29. The van der Waals surface area contributed by atoms with Crippen molar-refractivity contribution in [3.63, 3.8) is 0 Å². The van der Waals surface area contributed by atoms with Crippen molar-refractivity contribution in [3.8, 4) is 0 Å². The molecule has 1 fully saturated rings. The molecule has 0 bridgehead atoms. The van der Waals surface area contributed by atoms with Gasteiger partial charge in [-0.3, -0.25) is 4.98 Å². The summed E-state index contributed by atoms with van der Waals surface area (Å²) in [6.45, 7) is 9.92. The number of anilines is 1. The average molecular weight is 356 g/mol. The van der Waals surface area contributed by atoms with Crippen molar-refractivity contribution < 1.29 is 9.53 Å². The van der Waals surface area contributed by atoms with Gasteiger partial charge >= 0.3 is 6.09 Å². The Balaban J connectivity index is 2.01. The van der Waals surface area contributed by atoms with Gasteiger partial charge in [0.05, 0.1) is 11.9 Å². The highest BCUT2D eigenvalue weighted by molar-refractivity contribution is 9.10. The van der Waals surface area contributed by atoms with Crippen LogP contribution in [0, 0.1) is 0 Å². The van der Waals surface area contributed by atoms with E-state index in [1.54, 1.807) is 11.1 Å². The number of piperazine rings is 1. The summed E-state index contributed by atoms with van der Waals surface area (Å²) in [4.78, 5) is 20.4. The van der Waals surface area contributed by atoms with Gasteiger partial charge in [0.25, 0.3) is 0 Å². The van der Waals surface area contributed by atoms with Gasteiger partial charge in [0, 0.05) is 36.3 Å². The molecule has 116 valence electrons. The van der Waals surface area contributed by atoms with Crippen molar-refractivity contribution in [2.75, 3.05) is 24.5 Å². The zero-order valence-corrected chi connectivity index (χ0v) is 14.6. The molecule has 1 unspecified atom stereocenters. The van der Waals surface area contributed by atoms with E-state index >= 15 is 0 Å². The number of aromatic nitrogens is 1. The lowest BCUT2D eigenvalue weighted by atomic mass is 10.2. The van der Waals surface area contributed by atoms with Crippen LogP contribution < -0.4 is 4.90 Å². The van der Waals surface area contributed by atoms with Crippen LogP contribution in [0.15, 0.2) is 22.9 Å². The van der Waals surface area contributed by atoms with Crippen molar-refractivity contribution in [2.45, 2.75) is 39.3 Å². The third-order valence-electron chi connectivity index (χ3n) is 3.31. The summed E-state index contributed by atoms with van der Waals surface area (Å²) < 4.78 is 6.42. The maximum absolute atomic E-state index is 12.2. The molecule has 21 heavy (non-hydrogen) atoms. The van der Waals surface area contributed by atoms with Gasteiger partial charge in [-0.05, 0) is 49.7 Å². The number of rotatable bonds is 1. The SMILES string of the molecule is CC1CN(c2cncc(Br)c2)CCN1C(=O)OC(C)(C)C. The highest BCUT2D eigenvalue weighted by Crippen LogP contribution is 2.22. The fourth-order valence-electron chi connectivity index (χ4n) is 2.36. The minimum absolute atomic E-state index is 0.104. The van der Waals surface area contributed by atoms with Crippen LogP contribution in [0.1, 0.15) is 27.7 Å². The van der Waals surface area contributed by atoms with E-state index in [0.29, 0.717) is 6.54 Å². The molecule has 1 aliphatic rings. The van der Waals surface area contributed by atoms with Gasteiger partial charge in [-0.2, -0.15) is 0 Å². The van der Waals surface area contributed by atoms with Crippen LogP contribution in [-0.2, 0) is 4.74 Å². The van der Waals surface area contributed by atoms with Crippen LogP contribution >= 0.6 is 15.9 Å². The van der Waals surface area contributed by atoms with E-state index in [1.807, 2.05) is 40.0 Å². The van der Waals surface area contributed by atoms with E-state index in [9.17, 15) is 4.79 Å². The van der Waals surface area contributed by atoms with Crippen LogP contribution in [0.4, 0.5) is 10.5 Å². The summed E-state index contributed by atoms with van der Waals surface area (Å²) in [5, 5.41) is 0. The zero-order valence-electron chi connectivity index (χ0n) is 13.0. The molecule has 1 atom stereocenters. The van der Waals surface area contributed by atoms with Crippen LogP contribution in [-0.4, -0.2) is 47.3 Å². The van der Waals surface area contributed by atoms with E-state index in [1.165, 1.54) is 0 Å². The first-order chi connectivity index (χ1) is 9.76. The molecule has 1 aromatic rings. The molecule has 5 nitrogen and oxygen atoms in total. The molecule has 0 spiro atoms. The second-order valence-electron chi connectivity index (χ2n) is 6.33. The number of hydrogen-bond acceptors (Lipinski definition) is 4. The first kappa shape index (κ1) is 16.1. The number of amides is 1. The Labute approximate surface area is 134 Å². The molecule has 1 aliphatic heterocycles. The van der Waals surface area contributed by atoms with E-state index < -0.39 is 5.60 Å². The molecule has 0 aliphatic carbocycles. The molecule has 2 rings (SSSR count). The molecular weight excluding hydrogens is 334 g/mol. The minimum Gasteiger partial charge on any atom is -0.444 e. The third kappa shape index (κ3) is 4.33. The lowest BCUT2D eigenvalue weighted by molar-refractivity contribution is 0.0159. The lowest BCUT2D eigenvalue weighted by Gasteiger charge is -2.41. The summed E-state index contributed by atoms with van der Waals surface area (Å²) in [6, 6.07) is 2.15. The lowest BCUT2D eigenvalue weighted by Crippen LogP contribution is -2.55. The largest absolute Gasteiger partial charge is 0.444 e. The Morgan fingerprint density at radius 2 is 2.10 bits per heavy atom. The number of carbonyl (C=O) groups excluding carboxylic acids is 1. The molecule has 1 aromatic heterocycles. The molecule has 0 aromatic carbocycles. The number of hydrogen-bond donors (Lipinski definition) is 0. The van der Waals surface area contributed by atoms with E-state index in [2.05, 4.69) is 25.8 Å². The quantitative estimate of drug-likeness (QED) is 0.775. The second kappa shape index (κ2) is 6.22. The van der Waals surface area contributed by atoms with E-state index in [0.717, 1.165) is 23.2 Å². The van der Waals surface area contributed by atoms with Crippen LogP contribution in [0.2, 0.25) is 0 Å². The van der Waals surface area contributed by atoms with Crippen molar-refractivity contribution >= 4 is 27.7 Å². The summed E-state index contributed by atoms with van der Waals surface area (Å²) in [6.07, 6.45) is 3.38. The van der Waals surface area contributed by atoms with E-state index in [4.69, 9.17) is 4.74 Å². The van der Waals surface area contributed by atoms with Gasteiger partial charge < -0.3 is 14.5 Å². The predicted molar refractivity (Wildman–Crippen MR) is 86.6 cm³/mol. The van der Waals surface area contributed by atoms with Gasteiger partial charge in [0.2, 0.25) is 0 Å². The van der Waals surface area contributed by atoms with Crippen LogP contribution in [0.25, 0.3) is 0 Å². The summed E-state index contributed by atoms with van der Waals surface area (Å²) >= 11 is 3.44. The topological polar surface area (TPSA) is 45.7 Å². The molecule has 0 radical (unpaired) electrons. The summed E-state index contributed by atoms with van der Waals surface area (Å²) in [5.41, 5.74) is 0.613. The smallest absolute Gasteiger partial charge is 0.410 e. The molecule has 1 saturated heterocycles. The Bertz CT molecular complexity index is 516. The molecule has 2 heterocycles. The number of carbonyl (C=O) groups is 1. The van der Waals surface area contributed by atoms with Gasteiger partial charge in [0.1, 0.15) is 5.60 Å². The number of ether oxygens (including phenoxy) is 1. The van der Waals surface area contributed by atoms with Crippen LogP contribution in [0.3, 0.4) is 0 Å². The fourth-order valence-corrected chi connectivity index (χ4v) is 2.71. The van der Waals surface area contributed by atoms with Crippen molar-refractivity contribution in [2.24, 2.45) is 0 Å². The molecule has 0 N–H and O–H groups in total. The number of nitrogens with zero attached hydrogens (tertiary/aromatic N) is 3. The highest BCUT2D eigenvalue weighted by Gasteiger charge is 2.30. The fraction of sp³-hybridized carbons (Fsp3) is 0.600. The maximum atomic E-state index is 12.2. The number of pyridine rings is 1. The summed E-state index contributed by atoms with van der Waals surface area (Å²) in [5.74, 6) is 0. The highest BCUT2D eigenvalue weighted by atomic mass is 79.9. The maximum Gasteiger partial charge on any atom is 0.410 e. The molecule has 0 saturated carbocycles. The van der Waals surface area contributed by atoms with Gasteiger partial charge in [0.15, 0.2) is 0 Å². The average Bonchev–Trinajstić information content (AvgIpc) is 2.36. The first-order valence-corrected chi connectivity index (χ1v) is 7.91. The monoisotopic (exact) mass is 355 g/mol. The standard InChI is InChI=1S/C15H22BrN3O2/c1-11-10-18(13-7-12(16)8-17-9-13)5-6-19(11)14(20)21-15(2,3)4/h7-9,11H,5-6,10H2,1-4H3. The normalized spacial score (nSPS) is 19.6. The minimum atomic E-state index is -0.456. The Hall–Kier alpha value is -1.30. The molecular formula is C15H22BrN3O2. The van der Waals surface area contributed by atoms with Crippen molar-refractivity contribution in [1.29, 1.82) is 0 Å². The van der Waals surface area contributed by atoms with Crippen molar-refractivity contribution in [3.05, 3.63) is 22.9 Å². The summed E-state index contributed by atoms with van der Waals surface area (Å²) in [7, 11) is 0.